The Bertz CT molecular complexity index is 246. The van der Waals surface area contributed by atoms with Crippen LogP contribution in [0.15, 0.2) is 0 Å². The fourth-order valence-electron chi connectivity index (χ4n) is 1.11. The third kappa shape index (κ3) is 9.21. The van der Waals surface area contributed by atoms with Crippen LogP contribution in [-0.4, -0.2) is 107 Å². The highest BCUT2D eigenvalue weighted by molar-refractivity contribution is 4.80. The fourth-order valence-corrected chi connectivity index (χ4v) is 1.11. The molecule has 0 radical (unpaired) electrons. The molecule has 148 valence electrons. The molecule has 0 fully saturated rings. The standard InChI is InChI=1S/C10H22O7.C5H12O2/c11-1-9(2-12,3-13)7-17-8-10(4-14,5-15)6-16;1-5(2,3-6)4-7/h11-16H,1-8H2;6-7H,3-4H2,1-2H3. The van der Waals surface area contributed by atoms with Crippen LogP contribution in [0.4, 0.5) is 0 Å². The van der Waals surface area contributed by atoms with Gasteiger partial charge in [-0.2, -0.15) is 0 Å². The summed E-state index contributed by atoms with van der Waals surface area (Å²) in [5, 5.41) is 71.0. The largest absolute Gasteiger partial charge is 0.396 e. The minimum absolute atomic E-state index is 0.0451. The zero-order valence-electron chi connectivity index (χ0n) is 14.6. The van der Waals surface area contributed by atoms with Gasteiger partial charge in [0.25, 0.3) is 0 Å². The summed E-state index contributed by atoms with van der Waals surface area (Å²) < 4.78 is 5.15. The lowest BCUT2D eigenvalue weighted by molar-refractivity contribution is -0.103. The number of rotatable bonds is 12. The molecule has 0 aliphatic rings. The first-order valence-electron chi connectivity index (χ1n) is 7.64. The maximum absolute atomic E-state index is 9.03. The van der Waals surface area contributed by atoms with E-state index in [4.69, 9.17) is 45.6 Å². The molecule has 9 heteroatoms. The van der Waals surface area contributed by atoms with Crippen LogP contribution in [0.25, 0.3) is 0 Å². The van der Waals surface area contributed by atoms with Gasteiger partial charge in [-0.05, 0) is 0 Å². The van der Waals surface area contributed by atoms with E-state index in [9.17, 15) is 0 Å². The van der Waals surface area contributed by atoms with Crippen molar-refractivity contribution in [1.82, 2.24) is 0 Å². The Hall–Kier alpha value is -0.360. The third-order valence-corrected chi connectivity index (χ3v) is 3.69. The Morgan fingerprint density at radius 2 is 0.750 bits per heavy atom. The molecule has 0 rings (SSSR count). The zero-order chi connectivity index (χ0) is 19.3. The molecule has 0 saturated heterocycles. The molecule has 24 heavy (non-hydrogen) atoms. The topological polar surface area (TPSA) is 171 Å². The van der Waals surface area contributed by atoms with Gasteiger partial charge in [-0.3, -0.25) is 0 Å². The van der Waals surface area contributed by atoms with Crippen molar-refractivity contribution in [2.45, 2.75) is 13.8 Å². The molecular weight excluding hydrogens is 324 g/mol. The Morgan fingerprint density at radius 3 is 0.875 bits per heavy atom. The molecule has 0 aliphatic carbocycles. The van der Waals surface area contributed by atoms with Gasteiger partial charge in [0.2, 0.25) is 0 Å². The number of hydrogen-bond donors (Lipinski definition) is 8. The Kier molecular flexibility index (Phi) is 13.9. The summed E-state index contributed by atoms with van der Waals surface area (Å²) in [5.41, 5.74) is -2.63. The summed E-state index contributed by atoms with van der Waals surface area (Å²) in [6.07, 6.45) is 0. The normalized spacial score (nSPS) is 12.8. The van der Waals surface area contributed by atoms with E-state index in [-0.39, 0.29) is 31.8 Å². The summed E-state index contributed by atoms with van der Waals surface area (Å²) in [4.78, 5) is 0. The number of hydrogen-bond acceptors (Lipinski definition) is 9. The lowest BCUT2D eigenvalue weighted by Crippen LogP contribution is -2.43. The van der Waals surface area contributed by atoms with Gasteiger partial charge in [0, 0.05) is 5.41 Å². The summed E-state index contributed by atoms with van der Waals surface area (Å²) >= 11 is 0. The Labute approximate surface area is 142 Å². The second kappa shape index (κ2) is 12.9. The molecule has 9 nitrogen and oxygen atoms in total. The minimum Gasteiger partial charge on any atom is -0.396 e. The monoisotopic (exact) mass is 358 g/mol. The second-order valence-electron chi connectivity index (χ2n) is 6.92. The van der Waals surface area contributed by atoms with Gasteiger partial charge in [0.1, 0.15) is 0 Å². The number of ether oxygens (including phenoxy) is 1. The lowest BCUT2D eigenvalue weighted by atomic mass is 9.91. The molecule has 0 heterocycles. The van der Waals surface area contributed by atoms with Crippen molar-refractivity contribution in [3.05, 3.63) is 0 Å². The van der Waals surface area contributed by atoms with Gasteiger partial charge < -0.3 is 45.6 Å². The van der Waals surface area contributed by atoms with Gasteiger partial charge in [-0.25, -0.2) is 0 Å². The molecule has 0 unspecified atom stereocenters. The van der Waals surface area contributed by atoms with Crippen LogP contribution in [0.3, 0.4) is 0 Å². The summed E-state index contributed by atoms with van der Waals surface area (Å²) in [6.45, 7) is 0.682. The first-order valence-corrected chi connectivity index (χ1v) is 7.64. The van der Waals surface area contributed by atoms with Crippen molar-refractivity contribution in [1.29, 1.82) is 0 Å². The number of aliphatic hydroxyl groups excluding tert-OH is 8. The molecular formula is C15H34O9. The Morgan fingerprint density at radius 1 is 0.500 bits per heavy atom. The first kappa shape index (κ1) is 25.9. The summed E-state index contributed by atoms with van der Waals surface area (Å²) in [6, 6.07) is 0. The first-order chi connectivity index (χ1) is 11.2. The number of aliphatic hydroxyl groups is 8. The SMILES string of the molecule is CC(C)(CO)CO.OCC(CO)(CO)COCC(CO)(CO)CO. The third-order valence-electron chi connectivity index (χ3n) is 3.69. The van der Waals surface area contributed by atoms with E-state index in [0.717, 1.165) is 0 Å². The molecule has 0 atom stereocenters. The van der Waals surface area contributed by atoms with Crippen molar-refractivity contribution in [2.24, 2.45) is 16.2 Å². The molecule has 8 N–H and O–H groups in total. The predicted molar refractivity (Wildman–Crippen MR) is 86.2 cm³/mol. The maximum atomic E-state index is 9.03. The van der Waals surface area contributed by atoms with Gasteiger partial charge in [0.15, 0.2) is 0 Å². The molecule has 0 aromatic carbocycles. The van der Waals surface area contributed by atoms with Crippen molar-refractivity contribution < 1.29 is 45.6 Å². The molecule has 0 saturated carbocycles. The van der Waals surface area contributed by atoms with E-state index in [1.165, 1.54) is 0 Å². The average Bonchev–Trinajstić information content (AvgIpc) is 2.63. The molecule has 0 spiro atoms. The van der Waals surface area contributed by atoms with E-state index in [1.54, 1.807) is 13.8 Å². The van der Waals surface area contributed by atoms with Crippen LogP contribution < -0.4 is 0 Å². The van der Waals surface area contributed by atoms with Crippen LogP contribution in [0.2, 0.25) is 0 Å². The van der Waals surface area contributed by atoms with E-state index in [1.807, 2.05) is 0 Å². The fraction of sp³-hybridized carbons (Fsp3) is 1.00. The lowest BCUT2D eigenvalue weighted by Gasteiger charge is -2.31. The average molecular weight is 358 g/mol. The predicted octanol–water partition coefficient (Wildman–Crippen LogP) is -3.07. The van der Waals surface area contributed by atoms with E-state index in [2.05, 4.69) is 0 Å². The highest BCUT2D eigenvalue weighted by Gasteiger charge is 2.32. The molecule has 0 bridgehead atoms. The molecule has 0 aromatic heterocycles. The van der Waals surface area contributed by atoms with Gasteiger partial charge in [-0.15, -0.1) is 0 Å². The zero-order valence-corrected chi connectivity index (χ0v) is 14.6. The minimum atomic E-state index is -1.16. The highest BCUT2D eigenvalue weighted by atomic mass is 16.5. The van der Waals surface area contributed by atoms with Crippen LogP contribution in [-0.2, 0) is 4.74 Å². The van der Waals surface area contributed by atoms with Crippen molar-refractivity contribution in [2.75, 3.05) is 66.1 Å². The molecule has 0 aromatic rings. The van der Waals surface area contributed by atoms with Gasteiger partial charge >= 0.3 is 0 Å². The van der Waals surface area contributed by atoms with Crippen LogP contribution in [0.5, 0.6) is 0 Å². The van der Waals surface area contributed by atoms with Gasteiger partial charge in [-0.1, -0.05) is 13.8 Å². The maximum Gasteiger partial charge on any atom is 0.0629 e. The summed E-state index contributed by atoms with van der Waals surface area (Å²) in [5.74, 6) is 0. The van der Waals surface area contributed by atoms with Crippen LogP contribution in [0, 0.1) is 16.2 Å². The van der Waals surface area contributed by atoms with Gasteiger partial charge in [0.05, 0.1) is 76.9 Å². The molecule has 0 aliphatic heterocycles. The highest BCUT2D eigenvalue weighted by Crippen LogP contribution is 2.19. The summed E-state index contributed by atoms with van der Waals surface area (Å²) in [7, 11) is 0. The van der Waals surface area contributed by atoms with Crippen molar-refractivity contribution >= 4 is 0 Å². The smallest absolute Gasteiger partial charge is 0.0629 e. The van der Waals surface area contributed by atoms with Crippen LogP contribution in [0.1, 0.15) is 13.8 Å². The van der Waals surface area contributed by atoms with Crippen molar-refractivity contribution in [3.8, 4) is 0 Å². The van der Waals surface area contributed by atoms with E-state index >= 15 is 0 Å². The van der Waals surface area contributed by atoms with Crippen LogP contribution >= 0.6 is 0 Å². The quantitative estimate of drug-likeness (QED) is 0.180. The second-order valence-corrected chi connectivity index (χ2v) is 6.92. The Balaban J connectivity index is 0. The molecule has 0 amide bonds. The van der Waals surface area contributed by atoms with E-state index < -0.39 is 50.5 Å². The van der Waals surface area contributed by atoms with Crippen molar-refractivity contribution in [3.63, 3.8) is 0 Å². The van der Waals surface area contributed by atoms with E-state index in [0.29, 0.717) is 0 Å².